The van der Waals surface area contributed by atoms with Gasteiger partial charge in [-0.1, -0.05) is 37.6 Å². The van der Waals surface area contributed by atoms with Gasteiger partial charge in [0.05, 0.1) is 5.41 Å². The van der Waals surface area contributed by atoms with Crippen molar-refractivity contribution >= 4 is 23.1 Å². The fourth-order valence-corrected chi connectivity index (χ4v) is 5.48. The number of carbonyl (C=O) groups excluding carboxylic acids is 2. The minimum Gasteiger partial charge on any atom is -0.492 e. The van der Waals surface area contributed by atoms with Gasteiger partial charge in [0.25, 0.3) is 0 Å². The molecule has 3 aromatic carbocycles. The van der Waals surface area contributed by atoms with E-state index in [9.17, 15) is 9.59 Å². The Morgan fingerprint density at radius 3 is 2.18 bits per heavy atom. The molecule has 0 amide bonds. The molecule has 0 spiro atoms. The van der Waals surface area contributed by atoms with E-state index in [1.165, 1.54) is 19.3 Å². The number of allylic oxidation sites excluding steroid dienone is 1. The average Bonchev–Trinajstić information content (AvgIpc) is 3.02. The van der Waals surface area contributed by atoms with Crippen LogP contribution in [0.2, 0.25) is 0 Å². The molecule has 7 nitrogen and oxygen atoms in total. The SMILES string of the molecule is CCC(=O)Oc1ccc(C2=C(C)c3ccc(OC(=O)C(C)(C)C)cc3OC2c2ccc(OCCN3CCCCC3)cc2)cc1. The summed E-state index contributed by atoms with van der Waals surface area (Å²) in [6, 6.07) is 21.1. The third-order valence-corrected chi connectivity index (χ3v) is 8.08. The topological polar surface area (TPSA) is 74.3 Å². The fourth-order valence-electron chi connectivity index (χ4n) is 5.48. The second-order valence-electron chi connectivity index (χ2n) is 12.5. The Hall–Kier alpha value is -4.10. The Balaban J connectivity index is 1.43. The van der Waals surface area contributed by atoms with Crippen LogP contribution in [0.3, 0.4) is 0 Å². The zero-order valence-corrected chi connectivity index (χ0v) is 26.5. The number of ether oxygens (including phenoxy) is 4. The molecule has 2 aliphatic rings. The smallest absolute Gasteiger partial charge is 0.316 e. The van der Waals surface area contributed by atoms with E-state index in [2.05, 4.69) is 11.8 Å². The van der Waals surface area contributed by atoms with Crippen molar-refractivity contribution in [2.24, 2.45) is 5.41 Å². The minimum absolute atomic E-state index is 0.276. The highest BCUT2D eigenvalue weighted by Gasteiger charge is 2.31. The molecule has 1 unspecified atom stereocenters. The number of rotatable bonds is 9. The summed E-state index contributed by atoms with van der Waals surface area (Å²) in [5.41, 5.74) is 4.27. The maximum Gasteiger partial charge on any atom is 0.316 e. The van der Waals surface area contributed by atoms with Gasteiger partial charge >= 0.3 is 11.9 Å². The number of likely N-dealkylation sites (tertiary alicyclic amines) is 1. The molecule has 0 bridgehead atoms. The van der Waals surface area contributed by atoms with E-state index in [-0.39, 0.29) is 11.9 Å². The Kier molecular flexibility index (Phi) is 9.74. The third kappa shape index (κ3) is 7.51. The first kappa shape index (κ1) is 31.3. The van der Waals surface area contributed by atoms with Gasteiger partial charge < -0.3 is 18.9 Å². The summed E-state index contributed by atoms with van der Waals surface area (Å²) >= 11 is 0. The molecule has 2 aliphatic heterocycles. The summed E-state index contributed by atoms with van der Waals surface area (Å²) in [5, 5.41) is 0. The summed E-state index contributed by atoms with van der Waals surface area (Å²) in [6.07, 6.45) is 3.73. The van der Waals surface area contributed by atoms with Gasteiger partial charge in [0.2, 0.25) is 0 Å². The molecule has 0 aromatic heterocycles. The molecule has 5 rings (SSSR count). The summed E-state index contributed by atoms with van der Waals surface area (Å²) in [5.74, 6) is 1.83. The predicted octanol–water partition coefficient (Wildman–Crippen LogP) is 7.88. The first-order valence-electron chi connectivity index (χ1n) is 15.6. The Morgan fingerprint density at radius 2 is 1.52 bits per heavy atom. The van der Waals surface area contributed by atoms with Crippen LogP contribution in [0.25, 0.3) is 11.1 Å². The van der Waals surface area contributed by atoms with Gasteiger partial charge in [-0.05, 0) is 107 Å². The first-order valence-corrected chi connectivity index (χ1v) is 15.6. The molecule has 7 heteroatoms. The normalized spacial score (nSPS) is 17.0. The number of esters is 2. The van der Waals surface area contributed by atoms with E-state index in [1.807, 2.05) is 75.4 Å². The number of benzene rings is 3. The van der Waals surface area contributed by atoms with Crippen molar-refractivity contribution in [1.82, 2.24) is 4.90 Å². The van der Waals surface area contributed by atoms with Crippen LogP contribution in [0.5, 0.6) is 23.0 Å². The van der Waals surface area contributed by atoms with Crippen molar-refractivity contribution in [2.45, 2.75) is 66.4 Å². The van der Waals surface area contributed by atoms with E-state index in [4.69, 9.17) is 18.9 Å². The Morgan fingerprint density at radius 1 is 0.864 bits per heavy atom. The van der Waals surface area contributed by atoms with Crippen molar-refractivity contribution in [3.8, 4) is 23.0 Å². The minimum atomic E-state index is -0.627. The molecule has 232 valence electrons. The molecule has 0 aliphatic carbocycles. The van der Waals surface area contributed by atoms with Crippen molar-refractivity contribution in [2.75, 3.05) is 26.2 Å². The highest BCUT2D eigenvalue weighted by Crippen LogP contribution is 2.48. The van der Waals surface area contributed by atoms with E-state index in [0.29, 0.717) is 30.3 Å². The lowest BCUT2D eigenvalue weighted by atomic mass is 9.86. The van der Waals surface area contributed by atoms with Crippen molar-refractivity contribution in [3.63, 3.8) is 0 Å². The average molecular weight is 598 g/mol. The van der Waals surface area contributed by atoms with E-state index >= 15 is 0 Å². The van der Waals surface area contributed by atoms with Gasteiger partial charge in [0, 0.05) is 30.2 Å². The van der Waals surface area contributed by atoms with Crippen LogP contribution >= 0.6 is 0 Å². The fraction of sp³-hybridized carbons (Fsp3) is 0.405. The lowest BCUT2D eigenvalue weighted by molar-refractivity contribution is -0.143. The molecule has 1 fully saturated rings. The Bertz CT molecular complexity index is 1490. The molecular formula is C37H43NO6. The number of carbonyl (C=O) groups is 2. The predicted molar refractivity (Wildman–Crippen MR) is 172 cm³/mol. The van der Waals surface area contributed by atoms with Crippen molar-refractivity contribution in [1.29, 1.82) is 0 Å². The highest BCUT2D eigenvalue weighted by atomic mass is 16.5. The van der Waals surface area contributed by atoms with Crippen LogP contribution in [-0.4, -0.2) is 43.1 Å². The quantitative estimate of drug-likeness (QED) is 0.183. The van der Waals surface area contributed by atoms with Crippen molar-refractivity contribution < 1.29 is 28.5 Å². The molecule has 3 aromatic rings. The molecule has 0 radical (unpaired) electrons. The molecule has 1 saturated heterocycles. The molecule has 0 saturated carbocycles. The van der Waals surface area contributed by atoms with Crippen LogP contribution in [0.4, 0.5) is 0 Å². The van der Waals surface area contributed by atoms with E-state index in [0.717, 1.165) is 53.2 Å². The molecule has 1 atom stereocenters. The van der Waals surface area contributed by atoms with Crippen LogP contribution < -0.4 is 18.9 Å². The number of piperidine rings is 1. The van der Waals surface area contributed by atoms with E-state index < -0.39 is 11.5 Å². The number of hydrogen-bond donors (Lipinski definition) is 0. The van der Waals surface area contributed by atoms with Gasteiger partial charge in [-0.3, -0.25) is 14.5 Å². The lowest BCUT2D eigenvalue weighted by Gasteiger charge is -2.31. The van der Waals surface area contributed by atoms with Gasteiger partial charge in [0.1, 0.15) is 35.7 Å². The summed E-state index contributed by atoms with van der Waals surface area (Å²) in [4.78, 5) is 26.9. The van der Waals surface area contributed by atoms with E-state index in [1.54, 1.807) is 19.1 Å². The molecule has 44 heavy (non-hydrogen) atoms. The largest absolute Gasteiger partial charge is 0.492 e. The standard InChI is InChI=1S/C37H43NO6/c1-6-33(39)42-29-16-10-26(11-17-29)34-25(2)31-19-18-30(43-36(40)37(3,4)5)24-32(31)44-35(34)27-12-14-28(15-13-27)41-23-22-38-20-8-7-9-21-38/h10-19,24,35H,6-9,20-23H2,1-5H3. The summed E-state index contributed by atoms with van der Waals surface area (Å²) in [6.45, 7) is 13.2. The number of fused-ring (bicyclic) bond motifs is 1. The van der Waals surface area contributed by atoms with Gasteiger partial charge in [-0.15, -0.1) is 0 Å². The van der Waals surface area contributed by atoms with Crippen LogP contribution in [-0.2, 0) is 9.59 Å². The highest BCUT2D eigenvalue weighted by molar-refractivity contribution is 5.95. The third-order valence-electron chi connectivity index (χ3n) is 8.08. The second kappa shape index (κ2) is 13.7. The molecular weight excluding hydrogens is 554 g/mol. The van der Waals surface area contributed by atoms with Crippen LogP contribution in [0.15, 0.2) is 66.7 Å². The van der Waals surface area contributed by atoms with Crippen LogP contribution in [0.1, 0.15) is 83.1 Å². The van der Waals surface area contributed by atoms with Gasteiger partial charge in [-0.25, -0.2) is 0 Å². The summed E-state index contributed by atoms with van der Waals surface area (Å²) < 4.78 is 23.9. The maximum absolute atomic E-state index is 12.6. The zero-order valence-electron chi connectivity index (χ0n) is 26.5. The monoisotopic (exact) mass is 597 g/mol. The molecule has 0 N–H and O–H groups in total. The van der Waals surface area contributed by atoms with Crippen LogP contribution in [0, 0.1) is 5.41 Å². The zero-order chi connectivity index (χ0) is 31.3. The van der Waals surface area contributed by atoms with Crippen molar-refractivity contribution in [3.05, 3.63) is 83.4 Å². The van der Waals surface area contributed by atoms with Gasteiger partial charge in [-0.2, -0.15) is 0 Å². The summed E-state index contributed by atoms with van der Waals surface area (Å²) in [7, 11) is 0. The lowest BCUT2D eigenvalue weighted by Crippen LogP contribution is -2.33. The molecule has 2 heterocycles. The van der Waals surface area contributed by atoms with Gasteiger partial charge in [0.15, 0.2) is 0 Å². The Labute approximate surface area is 260 Å². The number of nitrogens with zero attached hydrogens (tertiary/aromatic N) is 1. The first-order chi connectivity index (χ1) is 21.1. The second-order valence-corrected chi connectivity index (χ2v) is 12.5. The maximum atomic E-state index is 12.6. The number of hydrogen-bond acceptors (Lipinski definition) is 7.